The van der Waals surface area contributed by atoms with Crippen LogP contribution in [0.15, 0.2) is 30.9 Å². The van der Waals surface area contributed by atoms with Crippen molar-refractivity contribution < 1.29 is 14.6 Å². The summed E-state index contributed by atoms with van der Waals surface area (Å²) >= 11 is 6.20. The minimum Gasteiger partial charge on any atom is -0.489 e. The lowest BCUT2D eigenvalue weighted by atomic mass is 10.0. The van der Waals surface area contributed by atoms with Crippen molar-refractivity contribution in [1.29, 1.82) is 0 Å². The minimum atomic E-state index is -0.856. The van der Waals surface area contributed by atoms with Gasteiger partial charge in [0.15, 0.2) is 11.5 Å². The fraction of sp³-hybridized carbons (Fsp3) is 0.286. The highest BCUT2D eigenvalue weighted by Crippen LogP contribution is 2.40. The highest BCUT2D eigenvalue weighted by molar-refractivity contribution is 6.32. The number of ether oxygens (including phenoxy) is 2. The summed E-state index contributed by atoms with van der Waals surface area (Å²) in [6.45, 7) is 1.14. The van der Waals surface area contributed by atoms with Gasteiger partial charge in [-0.2, -0.15) is 0 Å². The van der Waals surface area contributed by atoms with Gasteiger partial charge in [0.1, 0.15) is 12.4 Å². The van der Waals surface area contributed by atoms with E-state index in [0.717, 1.165) is 6.42 Å². The molecule has 0 aliphatic carbocycles. The van der Waals surface area contributed by atoms with Crippen LogP contribution in [-0.2, 0) is 0 Å². The number of benzene rings is 1. The zero-order valence-corrected chi connectivity index (χ0v) is 11.4. The third-order valence-corrected chi connectivity index (χ3v) is 3.32. The van der Waals surface area contributed by atoms with Crippen LogP contribution in [-0.4, -0.2) is 28.3 Å². The Hall–Kier alpha value is -1.85. The van der Waals surface area contributed by atoms with E-state index in [1.807, 2.05) is 0 Å². The van der Waals surface area contributed by atoms with Crippen molar-refractivity contribution in [3.8, 4) is 11.5 Å². The average Bonchev–Trinajstić information content (AvgIpc) is 2.73. The van der Waals surface area contributed by atoms with Crippen LogP contribution < -0.4 is 9.47 Å². The summed E-state index contributed by atoms with van der Waals surface area (Å²) in [4.78, 5) is 7.79. The quantitative estimate of drug-likeness (QED) is 0.920. The number of aliphatic hydroxyl groups is 1. The third kappa shape index (κ3) is 2.55. The van der Waals surface area contributed by atoms with Crippen molar-refractivity contribution >= 4 is 11.6 Å². The molecule has 0 saturated heterocycles. The molecule has 0 saturated carbocycles. The molecule has 1 aliphatic heterocycles. The van der Waals surface area contributed by atoms with Crippen molar-refractivity contribution in [2.75, 3.05) is 13.2 Å². The molecule has 5 nitrogen and oxygen atoms in total. The molecule has 0 radical (unpaired) electrons. The Morgan fingerprint density at radius 1 is 1.10 bits per heavy atom. The first-order valence-corrected chi connectivity index (χ1v) is 6.65. The van der Waals surface area contributed by atoms with E-state index in [-0.39, 0.29) is 0 Å². The monoisotopic (exact) mass is 292 g/mol. The van der Waals surface area contributed by atoms with E-state index in [1.165, 1.54) is 6.33 Å². The average molecular weight is 293 g/mol. The smallest absolute Gasteiger partial charge is 0.179 e. The molecule has 1 aromatic heterocycles. The summed E-state index contributed by atoms with van der Waals surface area (Å²) in [6.07, 6.45) is 4.49. The van der Waals surface area contributed by atoms with Crippen LogP contribution in [0.25, 0.3) is 0 Å². The summed E-state index contributed by atoms with van der Waals surface area (Å²) in [5.41, 5.74) is 1.21. The zero-order chi connectivity index (χ0) is 13.9. The van der Waals surface area contributed by atoms with E-state index in [1.54, 1.807) is 24.5 Å². The molecule has 0 amide bonds. The molecule has 20 heavy (non-hydrogen) atoms. The molecule has 1 aromatic carbocycles. The molecule has 1 atom stereocenters. The minimum absolute atomic E-state index is 0.426. The highest BCUT2D eigenvalue weighted by atomic mass is 35.5. The summed E-state index contributed by atoms with van der Waals surface area (Å²) in [6, 6.07) is 3.41. The lowest BCUT2D eigenvalue weighted by Crippen LogP contribution is -2.02. The van der Waals surface area contributed by atoms with E-state index in [0.29, 0.717) is 40.9 Å². The Kier molecular flexibility index (Phi) is 3.71. The van der Waals surface area contributed by atoms with E-state index < -0.39 is 6.10 Å². The van der Waals surface area contributed by atoms with Crippen molar-refractivity contribution in [3.63, 3.8) is 0 Å². The number of hydrogen-bond donors (Lipinski definition) is 1. The molecule has 104 valence electrons. The Morgan fingerprint density at radius 2 is 1.85 bits per heavy atom. The Bertz CT molecular complexity index is 607. The lowest BCUT2D eigenvalue weighted by Gasteiger charge is -2.15. The number of nitrogens with zero attached hydrogens (tertiary/aromatic N) is 2. The summed E-state index contributed by atoms with van der Waals surface area (Å²) in [7, 11) is 0. The van der Waals surface area contributed by atoms with Gasteiger partial charge in [0.25, 0.3) is 0 Å². The first-order chi connectivity index (χ1) is 9.75. The van der Waals surface area contributed by atoms with E-state index in [9.17, 15) is 5.11 Å². The number of fused-ring (bicyclic) bond motifs is 1. The van der Waals surface area contributed by atoms with Crippen molar-refractivity contribution in [2.45, 2.75) is 12.5 Å². The van der Waals surface area contributed by atoms with Crippen LogP contribution in [0, 0.1) is 0 Å². The summed E-state index contributed by atoms with van der Waals surface area (Å²) < 4.78 is 11.2. The molecule has 6 heteroatoms. The van der Waals surface area contributed by atoms with E-state index >= 15 is 0 Å². The first-order valence-electron chi connectivity index (χ1n) is 6.27. The molecule has 2 aromatic rings. The predicted molar refractivity (Wildman–Crippen MR) is 73.2 cm³/mol. The number of halogens is 1. The Balaban J connectivity index is 1.99. The Morgan fingerprint density at radius 3 is 2.65 bits per heavy atom. The zero-order valence-electron chi connectivity index (χ0n) is 10.6. The van der Waals surface area contributed by atoms with Gasteiger partial charge in [0.2, 0.25) is 0 Å². The van der Waals surface area contributed by atoms with Gasteiger partial charge in [0, 0.05) is 24.4 Å². The molecule has 0 fully saturated rings. The van der Waals surface area contributed by atoms with Crippen molar-refractivity contribution in [1.82, 2.24) is 9.97 Å². The molecular weight excluding hydrogens is 280 g/mol. The molecule has 0 bridgehead atoms. The maximum absolute atomic E-state index is 10.4. The van der Waals surface area contributed by atoms with Gasteiger partial charge in [-0.25, -0.2) is 9.97 Å². The van der Waals surface area contributed by atoms with Gasteiger partial charge in [-0.15, -0.1) is 0 Å². The SMILES string of the molecule is OC(c1cncnc1)c1cc(Cl)c2c(c1)OCCCO2. The molecule has 0 spiro atoms. The molecular formula is C14H13ClN2O3. The number of hydrogen-bond acceptors (Lipinski definition) is 5. The second kappa shape index (κ2) is 5.64. The largest absolute Gasteiger partial charge is 0.489 e. The number of aromatic nitrogens is 2. The van der Waals surface area contributed by atoms with Crippen LogP contribution in [0.1, 0.15) is 23.7 Å². The second-order valence-corrected chi connectivity index (χ2v) is 4.86. The fourth-order valence-corrected chi connectivity index (χ4v) is 2.33. The summed E-state index contributed by atoms with van der Waals surface area (Å²) in [5, 5.41) is 10.8. The molecule has 3 rings (SSSR count). The summed E-state index contributed by atoms with van der Waals surface area (Å²) in [5.74, 6) is 1.09. The van der Waals surface area contributed by atoms with Gasteiger partial charge in [0.05, 0.1) is 18.2 Å². The van der Waals surface area contributed by atoms with Gasteiger partial charge < -0.3 is 14.6 Å². The number of rotatable bonds is 2. The predicted octanol–water partition coefficient (Wildman–Crippen LogP) is 2.37. The van der Waals surface area contributed by atoms with Crippen LogP contribution in [0.5, 0.6) is 11.5 Å². The van der Waals surface area contributed by atoms with E-state index in [4.69, 9.17) is 21.1 Å². The van der Waals surface area contributed by atoms with Crippen LogP contribution in [0.4, 0.5) is 0 Å². The molecule has 1 aliphatic rings. The Labute approximate surface area is 121 Å². The molecule has 2 heterocycles. The van der Waals surface area contributed by atoms with Gasteiger partial charge in [-0.1, -0.05) is 11.6 Å². The van der Waals surface area contributed by atoms with Crippen molar-refractivity contribution in [2.24, 2.45) is 0 Å². The van der Waals surface area contributed by atoms with Crippen LogP contribution in [0.2, 0.25) is 5.02 Å². The maximum atomic E-state index is 10.4. The lowest BCUT2D eigenvalue weighted by molar-refractivity contribution is 0.218. The highest BCUT2D eigenvalue weighted by Gasteiger charge is 2.19. The van der Waals surface area contributed by atoms with Crippen LogP contribution in [0.3, 0.4) is 0 Å². The molecule has 1 N–H and O–H groups in total. The van der Waals surface area contributed by atoms with Crippen molar-refractivity contribution in [3.05, 3.63) is 47.0 Å². The third-order valence-electron chi connectivity index (χ3n) is 3.04. The van der Waals surface area contributed by atoms with Gasteiger partial charge in [-0.3, -0.25) is 0 Å². The van der Waals surface area contributed by atoms with E-state index in [2.05, 4.69) is 9.97 Å². The molecule has 1 unspecified atom stereocenters. The van der Waals surface area contributed by atoms with Gasteiger partial charge in [-0.05, 0) is 17.7 Å². The fourth-order valence-electron chi connectivity index (χ4n) is 2.05. The number of aliphatic hydroxyl groups excluding tert-OH is 1. The first kappa shape index (κ1) is 13.1. The standard InChI is InChI=1S/C14H13ClN2O3/c15-11-4-9(13(18)10-6-16-8-17-7-10)5-12-14(11)20-3-1-2-19-12/h4-8,13,18H,1-3H2. The van der Waals surface area contributed by atoms with Gasteiger partial charge >= 0.3 is 0 Å². The second-order valence-electron chi connectivity index (χ2n) is 4.45. The normalized spacial score (nSPS) is 15.5. The van der Waals surface area contributed by atoms with Crippen LogP contribution >= 0.6 is 11.6 Å². The topological polar surface area (TPSA) is 64.5 Å². The maximum Gasteiger partial charge on any atom is 0.179 e.